The van der Waals surface area contributed by atoms with E-state index < -0.39 is 0 Å². The summed E-state index contributed by atoms with van der Waals surface area (Å²) in [6.45, 7) is 9.18. The number of hydrogen-bond acceptors (Lipinski definition) is 1. The molecule has 0 aliphatic rings. The molecule has 0 bridgehead atoms. The van der Waals surface area contributed by atoms with Crippen molar-refractivity contribution in [3.05, 3.63) is 20.3 Å². The second-order valence-corrected chi connectivity index (χ2v) is 7.90. The Labute approximate surface area is 113 Å². The van der Waals surface area contributed by atoms with Crippen LogP contribution in [0.3, 0.4) is 0 Å². The van der Waals surface area contributed by atoms with Gasteiger partial charge in [-0.25, -0.2) is 0 Å². The maximum absolute atomic E-state index is 3.62. The average molecular weight is 303 g/mol. The molecule has 1 aromatic rings. The minimum Gasteiger partial charge on any atom is -0.132 e. The first kappa shape index (κ1) is 14.2. The van der Waals surface area contributed by atoms with Gasteiger partial charge in [0.05, 0.1) is 3.79 Å². The van der Waals surface area contributed by atoms with Crippen LogP contribution in [0.4, 0.5) is 0 Å². The quantitative estimate of drug-likeness (QED) is 0.591. The maximum atomic E-state index is 3.62. The summed E-state index contributed by atoms with van der Waals surface area (Å²) in [4.78, 5) is 1.55. The molecule has 0 unspecified atom stereocenters. The molecule has 1 heterocycles. The van der Waals surface area contributed by atoms with Crippen LogP contribution in [0.2, 0.25) is 0 Å². The topological polar surface area (TPSA) is 0 Å². The highest BCUT2D eigenvalue weighted by Gasteiger charge is 2.20. The van der Waals surface area contributed by atoms with Crippen molar-refractivity contribution in [1.82, 2.24) is 0 Å². The summed E-state index contributed by atoms with van der Waals surface area (Å²) in [5, 5.41) is 0. The van der Waals surface area contributed by atoms with Crippen molar-refractivity contribution in [1.29, 1.82) is 0 Å². The third-order valence-corrected chi connectivity index (χ3v) is 4.87. The van der Waals surface area contributed by atoms with Gasteiger partial charge < -0.3 is 0 Å². The van der Waals surface area contributed by atoms with E-state index >= 15 is 0 Å². The van der Waals surface area contributed by atoms with Crippen molar-refractivity contribution in [2.45, 2.75) is 65.2 Å². The predicted molar refractivity (Wildman–Crippen MR) is 78.6 cm³/mol. The highest BCUT2D eigenvalue weighted by atomic mass is 79.9. The molecule has 0 fully saturated rings. The van der Waals surface area contributed by atoms with Gasteiger partial charge in [0.1, 0.15) is 0 Å². The van der Waals surface area contributed by atoms with Crippen LogP contribution in [0, 0.1) is 0 Å². The zero-order chi connectivity index (χ0) is 12.2. The van der Waals surface area contributed by atoms with Crippen LogP contribution in [0.25, 0.3) is 0 Å². The van der Waals surface area contributed by atoms with Gasteiger partial charge in [0.25, 0.3) is 0 Å². The normalized spacial score (nSPS) is 12.1. The standard InChI is InChI=1S/C14H23BrS/c1-5-6-7-8-9-11-10-12(15)16-13(11)14(2,3)4/h10H,5-9H2,1-4H3. The summed E-state index contributed by atoms with van der Waals surface area (Å²) < 4.78 is 1.28. The Morgan fingerprint density at radius 1 is 1.19 bits per heavy atom. The number of halogens is 1. The van der Waals surface area contributed by atoms with E-state index in [0.29, 0.717) is 0 Å². The highest BCUT2D eigenvalue weighted by Crippen LogP contribution is 2.37. The first-order chi connectivity index (χ1) is 7.45. The van der Waals surface area contributed by atoms with Crippen molar-refractivity contribution in [2.24, 2.45) is 0 Å². The Kier molecular flexibility index (Phi) is 5.52. The lowest BCUT2D eigenvalue weighted by Gasteiger charge is -2.18. The van der Waals surface area contributed by atoms with Crippen LogP contribution >= 0.6 is 27.3 Å². The van der Waals surface area contributed by atoms with Gasteiger partial charge in [0.15, 0.2) is 0 Å². The van der Waals surface area contributed by atoms with Gasteiger partial charge in [-0.05, 0) is 45.8 Å². The maximum Gasteiger partial charge on any atom is 0.0704 e. The van der Waals surface area contributed by atoms with Gasteiger partial charge in [-0.3, -0.25) is 0 Å². The minimum absolute atomic E-state index is 0.288. The van der Waals surface area contributed by atoms with E-state index in [-0.39, 0.29) is 5.41 Å². The molecule has 92 valence electrons. The van der Waals surface area contributed by atoms with E-state index in [1.807, 2.05) is 11.3 Å². The Balaban J connectivity index is 2.65. The van der Waals surface area contributed by atoms with Crippen molar-refractivity contribution < 1.29 is 0 Å². The molecule has 0 aliphatic heterocycles. The van der Waals surface area contributed by atoms with E-state index in [2.05, 4.69) is 49.7 Å². The number of hydrogen-bond donors (Lipinski definition) is 0. The van der Waals surface area contributed by atoms with Gasteiger partial charge in [0.2, 0.25) is 0 Å². The molecule has 16 heavy (non-hydrogen) atoms. The summed E-state index contributed by atoms with van der Waals surface area (Å²) in [5.74, 6) is 0. The first-order valence-corrected chi connectivity index (χ1v) is 7.84. The molecule has 1 aromatic heterocycles. The molecular formula is C14H23BrS. The second kappa shape index (κ2) is 6.20. The smallest absolute Gasteiger partial charge is 0.0704 e. The molecule has 0 radical (unpaired) electrons. The number of rotatable bonds is 5. The van der Waals surface area contributed by atoms with E-state index in [4.69, 9.17) is 0 Å². The van der Waals surface area contributed by atoms with Crippen LogP contribution in [0.5, 0.6) is 0 Å². The fourth-order valence-corrected chi connectivity index (χ4v) is 3.71. The zero-order valence-electron chi connectivity index (χ0n) is 10.9. The second-order valence-electron chi connectivity index (χ2n) is 5.47. The minimum atomic E-state index is 0.288. The average Bonchev–Trinajstić information content (AvgIpc) is 2.54. The lowest BCUT2D eigenvalue weighted by Crippen LogP contribution is -2.11. The summed E-state index contributed by atoms with van der Waals surface area (Å²) in [7, 11) is 0. The van der Waals surface area contributed by atoms with Gasteiger partial charge in [-0.2, -0.15) is 0 Å². The van der Waals surface area contributed by atoms with Crippen molar-refractivity contribution in [3.63, 3.8) is 0 Å². The molecule has 0 aliphatic carbocycles. The number of aryl methyl sites for hydroxylation is 1. The molecule has 2 heteroatoms. The van der Waals surface area contributed by atoms with Gasteiger partial charge in [-0.1, -0.05) is 47.0 Å². The van der Waals surface area contributed by atoms with Crippen molar-refractivity contribution >= 4 is 27.3 Å². The van der Waals surface area contributed by atoms with Gasteiger partial charge in [0, 0.05) is 4.88 Å². The molecule has 0 saturated carbocycles. The summed E-state index contributed by atoms with van der Waals surface area (Å²) in [5.41, 5.74) is 1.84. The first-order valence-electron chi connectivity index (χ1n) is 6.24. The van der Waals surface area contributed by atoms with E-state index in [1.54, 1.807) is 10.4 Å². The Bertz CT molecular complexity index is 320. The Morgan fingerprint density at radius 2 is 1.88 bits per heavy atom. The Hall–Kier alpha value is 0.180. The highest BCUT2D eigenvalue weighted by molar-refractivity contribution is 9.11. The van der Waals surface area contributed by atoms with Crippen LogP contribution in [-0.4, -0.2) is 0 Å². The molecule has 0 saturated heterocycles. The molecule has 0 spiro atoms. The van der Waals surface area contributed by atoms with Crippen LogP contribution in [-0.2, 0) is 11.8 Å². The third-order valence-electron chi connectivity index (χ3n) is 2.76. The molecule has 0 aromatic carbocycles. The van der Waals surface area contributed by atoms with Crippen molar-refractivity contribution in [3.8, 4) is 0 Å². The molecule has 1 rings (SSSR count). The lowest BCUT2D eigenvalue weighted by molar-refractivity contribution is 0.590. The van der Waals surface area contributed by atoms with E-state index in [9.17, 15) is 0 Å². The largest absolute Gasteiger partial charge is 0.132 e. The molecule has 0 nitrogen and oxygen atoms in total. The molecule has 0 N–H and O–H groups in total. The molecule has 0 amide bonds. The Morgan fingerprint density at radius 3 is 2.44 bits per heavy atom. The lowest BCUT2D eigenvalue weighted by atomic mass is 9.90. The van der Waals surface area contributed by atoms with Crippen LogP contribution < -0.4 is 0 Å². The zero-order valence-corrected chi connectivity index (χ0v) is 13.3. The third kappa shape index (κ3) is 4.21. The fourth-order valence-electron chi connectivity index (χ4n) is 1.96. The number of unbranched alkanes of at least 4 members (excludes halogenated alkanes) is 3. The summed E-state index contributed by atoms with van der Waals surface area (Å²) >= 11 is 5.52. The predicted octanol–water partition coefficient (Wildman–Crippen LogP) is 5.93. The van der Waals surface area contributed by atoms with Gasteiger partial charge in [-0.15, -0.1) is 11.3 Å². The van der Waals surface area contributed by atoms with Crippen molar-refractivity contribution in [2.75, 3.05) is 0 Å². The monoisotopic (exact) mass is 302 g/mol. The van der Waals surface area contributed by atoms with Crippen LogP contribution in [0.1, 0.15) is 63.8 Å². The molecule has 0 atom stereocenters. The molecular weight excluding hydrogens is 280 g/mol. The summed E-state index contributed by atoms with van der Waals surface area (Å²) in [6.07, 6.45) is 6.64. The van der Waals surface area contributed by atoms with E-state index in [1.165, 1.54) is 35.9 Å². The van der Waals surface area contributed by atoms with Crippen LogP contribution in [0.15, 0.2) is 9.85 Å². The summed E-state index contributed by atoms with van der Waals surface area (Å²) in [6, 6.07) is 2.32. The fraction of sp³-hybridized carbons (Fsp3) is 0.714. The number of thiophene rings is 1. The van der Waals surface area contributed by atoms with Gasteiger partial charge >= 0.3 is 0 Å². The SMILES string of the molecule is CCCCCCc1cc(Br)sc1C(C)(C)C. The van der Waals surface area contributed by atoms with E-state index in [0.717, 1.165) is 0 Å².